The van der Waals surface area contributed by atoms with E-state index < -0.39 is 8.07 Å². The maximum Gasteiger partial charge on any atom is 0.121 e. The van der Waals surface area contributed by atoms with Gasteiger partial charge in [0.1, 0.15) is 5.58 Å². The molecule has 54 heavy (non-hydrogen) atoms. The number of aryl methyl sites for hydroxylation is 3. The molecule has 0 saturated heterocycles. The van der Waals surface area contributed by atoms with Gasteiger partial charge in [0.2, 0.25) is 0 Å². The number of pyridine rings is 2. The van der Waals surface area contributed by atoms with Crippen molar-refractivity contribution in [2.24, 2.45) is 0 Å². The van der Waals surface area contributed by atoms with E-state index in [-0.39, 0.29) is 20.1 Å². The van der Waals surface area contributed by atoms with Gasteiger partial charge in [-0.3, -0.25) is 0 Å². The van der Waals surface area contributed by atoms with Crippen molar-refractivity contribution in [1.82, 2.24) is 9.97 Å². The molecule has 0 aliphatic heterocycles. The third-order valence-corrected chi connectivity index (χ3v) is 12.0. The molecule has 3 aromatic heterocycles. The second-order valence-corrected chi connectivity index (χ2v) is 20.3. The number of furan rings is 1. The van der Waals surface area contributed by atoms with Crippen molar-refractivity contribution in [1.29, 1.82) is 0 Å². The predicted molar refractivity (Wildman–Crippen MR) is 226 cm³/mol. The summed E-state index contributed by atoms with van der Waals surface area (Å²) in [5.41, 5.74) is 15.5. The minimum atomic E-state index is -1.34. The number of hydrogen-bond acceptors (Lipinski definition) is 3. The molecule has 0 aliphatic carbocycles. The van der Waals surface area contributed by atoms with Crippen molar-refractivity contribution >= 4 is 35.2 Å². The van der Waals surface area contributed by atoms with Crippen LogP contribution in [0.1, 0.15) is 42.0 Å². The Bertz CT molecular complexity index is 2530. The van der Waals surface area contributed by atoms with Gasteiger partial charge in [0.15, 0.2) is 0 Å². The molecule has 0 aliphatic rings. The Labute approximate surface area is 334 Å². The normalized spacial score (nSPS) is 11.4. The number of rotatable bonds is 6. The standard InChI is InChI=1S/C32H24NO.C17H22NSi.Ir/c1-20-9-7-10-21(2)31(20)24-15-16-25-26-13-8-14-27(32(26)34-30(25)18-24)29-17-22(3)28(19-33-29)23-11-5-4-6-12-23;1-13(2)15-11-16(14-9-7-6-8-10-14)18-12-17(15)19(3,4)5;/h4-13,15-19H,1-3H3;6-9,11-13H,1-5H3;/q2*-1;. The quantitative estimate of drug-likeness (QED) is 0.123. The second kappa shape index (κ2) is 16.2. The first kappa shape index (κ1) is 38.8. The fraction of sp³-hybridized carbons (Fsp3) is 0.184. The van der Waals surface area contributed by atoms with Crippen molar-refractivity contribution in [2.45, 2.75) is 60.2 Å². The third kappa shape index (κ3) is 7.95. The van der Waals surface area contributed by atoms with Gasteiger partial charge >= 0.3 is 0 Å². The van der Waals surface area contributed by atoms with E-state index in [2.05, 4.69) is 163 Å². The van der Waals surface area contributed by atoms with Crippen LogP contribution in [-0.2, 0) is 20.1 Å². The van der Waals surface area contributed by atoms with E-state index in [0.717, 1.165) is 50.0 Å². The maximum absolute atomic E-state index is 6.46. The monoisotopic (exact) mass is 899 g/mol. The van der Waals surface area contributed by atoms with Gasteiger partial charge in [0.25, 0.3) is 0 Å². The summed E-state index contributed by atoms with van der Waals surface area (Å²) in [5, 5.41) is 3.67. The van der Waals surface area contributed by atoms with E-state index in [9.17, 15) is 0 Å². The number of hydrogen-bond donors (Lipinski definition) is 0. The molecule has 0 atom stereocenters. The molecule has 0 bridgehead atoms. The Morgan fingerprint density at radius 3 is 2.02 bits per heavy atom. The van der Waals surface area contributed by atoms with Gasteiger partial charge in [-0.05, 0) is 82.7 Å². The van der Waals surface area contributed by atoms with Gasteiger partial charge in [-0.25, -0.2) is 0 Å². The minimum Gasteiger partial charge on any atom is -0.501 e. The summed E-state index contributed by atoms with van der Waals surface area (Å²) in [7, 11) is -1.34. The molecule has 273 valence electrons. The zero-order valence-corrected chi connectivity index (χ0v) is 35.7. The Morgan fingerprint density at radius 1 is 0.630 bits per heavy atom. The van der Waals surface area contributed by atoms with Gasteiger partial charge in [-0.15, -0.1) is 54.1 Å². The smallest absolute Gasteiger partial charge is 0.121 e. The topological polar surface area (TPSA) is 38.9 Å². The van der Waals surface area contributed by atoms with Gasteiger partial charge < -0.3 is 14.4 Å². The zero-order valence-electron chi connectivity index (χ0n) is 32.3. The molecule has 0 fully saturated rings. The first-order valence-electron chi connectivity index (χ1n) is 18.4. The Kier molecular flexibility index (Phi) is 11.6. The molecule has 0 amide bonds. The Balaban J connectivity index is 0.000000213. The fourth-order valence-electron chi connectivity index (χ4n) is 7.25. The first-order valence-corrected chi connectivity index (χ1v) is 21.9. The van der Waals surface area contributed by atoms with Crippen LogP contribution in [0.2, 0.25) is 19.6 Å². The predicted octanol–water partition coefficient (Wildman–Crippen LogP) is 12.9. The molecule has 0 saturated carbocycles. The molecular weight excluding hydrogens is 853 g/mol. The zero-order chi connectivity index (χ0) is 37.3. The number of nitrogens with zero attached hydrogens (tertiary/aromatic N) is 2. The number of aromatic nitrogens is 2. The summed E-state index contributed by atoms with van der Waals surface area (Å²) in [6.07, 6.45) is 4.05. The van der Waals surface area contributed by atoms with Gasteiger partial charge in [0, 0.05) is 43.4 Å². The van der Waals surface area contributed by atoms with Gasteiger partial charge in [0.05, 0.1) is 13.7 Å². The molecule has 3 nitrogen and oxygen atoms in total. The largest absolute Gasteiger partial charge is 0.501 e. The molecule has 8 rings (SSSR count). The van der Waals surface area contributed by atoms with E-state index in [0.29, 0.717) is 5.92 Å². The van der Waals surface area contributed by atoms with Crippen LogP contribution in [0.15, 0.2) is 132 Å². The van der Waals surface area contributed by atoms with Crippen LogP contribution in [0.3, 0.4) is 0 Å². The summed E-state index contributed by atoms with van der Waals surface area (Å²) >= 11 is 0. The van der Waals surface area contributed by atoms with Crippen molar-refractivity contribution in [3.05, 3.63) is 162 Å². The van der Waals surface area contributed by atoms with E-state index >= 15 is 0 Å². The van der Waals surface area contributed by atoms with E-state index in [1.165, 1.54) is 44.1 Å². The van der Waals surface area contributed by atoms with Crippen molar-refractivity contribution in [3.8, 4) is 44.8 Å². The van der Waals surface area contributed by atoms with Crippen LogP contribution in [0.4, 0.5) is 0 Å². The van der Waals surface area contributed by atoms with Crippen molar-refractivity contribution in [2.75, 3.05) is 0 Å². The molecule has 1 radical (unpaired) electrons. The Morgan fingerprint density at radius 2 is 1.35 bits per heavy atom. The minimum absolute atomic E-state index is 0. The van der Waals surface area contributed by atoms with E-state index in [1.54, 1.807) is 0 Å². The fourth-order valence-corrected chi connectivity index (χ4v) is 8.92. The Hall–Kier alpha value is -4.93. The van der Waals surface area contributed by atoms with E-state index in [4.69, 9.17) is 9.40 Å². The summed E-state index contributed by atoms with van der Waals surface area (Å²) in [5.74, 6) is 0.534. The maximum atomic E-state index is 6.46. The molecule has 0 spiro atoms. The molecular formula is C49H46IrN2OSi-2. The summed E-state index contributed by atoms with van der Waals surface area (Å²) < 4.78 is 6.46. The number of fused-ring (bicyclic) bond motifs is 3. The van der Waals surface area contributed by atoms with Crippen LogP contribution in [0.5, 0.6) is 0 Å². The van der Waals surface area contributed by atoms with Gasteiger partial charge in [-0.1, -0.05) is 123 Å². The van der Waals surface area contributed by atoms with E-state index in [1.807, 2.05) is 36.5 Å². The summed E-state index contributed by atoms with van der Waals surface area (Å²) in [6, 6.07) is 46.4. The van der Waals surface area contributed by atoms with Crippen LogP contribution in [0, 0.1) is 32.9 Å². The van der Waals surface area contributed by atoms with Gasteiger partial charge in [-0.2, -0.15) is 0 Å². The van der Waals surface area contributed by atoms with Crippen LogP contribution in [-0.4, -0.2) is 18.0 Å². The molecule has 5 heteroatoms. The van der Waals surface area contributed by atoms with Crippen LogP contribution in [0.25, 0.3) is 66.7 Å². The summed E-state index contributed by atoms with van der Waals surface area (Å²) in [6.45, 7) is 18.1. The van der Waals surface area contributed by atoms with Crippen molar-refractivity contribution < 1.29 is 24.5 Å². The SMILES string of the molecule is CC(C)c1cc(-c2[c-]cccc2)ncc1[Si](C)(C)C.Cc1cc(-c2[c-]ccc3c2oc2cc(-c4c(C)cccc4C)ccc23)ncc1-c1ccccc1.[Ir]. The average Bonchev–Trinajstić information content (AvgIpc) is 3.53. The second-order valence-electron chi connectivity index (χ2n) is 15.3. The van der Waals surface area contributed by atoms with Crippen molar-refractivity contribution in [3.63, 3.8) is 0 Å². The molecule has 8 aromatic rings. The first-order chi connectivity index (χ1) is 25.5. The third-order valence-electron chi connectivity index (χ3n) is 10.0. The molecule has 0 N–H and O–H groups in total. The number of benzene rings is 5. The summed E-state index contributed by atoms with van der Waals surface area (Å²) in [4.78, 5) is 9.47. The van der Waals surface area contributed by atoms with Crippen LogP contribution >= 0.6 is 0 Å². The average molecular weight is 899 g/mol. The molecule has 5 aromatic carbocycles. The molecule has 3 heterocycles. The van der Waals surface area contributed by atoms with Crippen LogP contribution < -0.4 is 5.19 Å². The molecule has 0 unspecified atom stereocenters.